The molecule has 0 saturated carbocycles. The minimum Gasteiger partial charge on any atom is -0.503 e. The molecule has 17 heavy (non-hydrogen) atoms. The van der Waals surface area contributed by atoms with Gasteiger partial charge in [0.1, 0.15) is 0 Å². The maximum Gasteiger partial charge on any atom is 0.252 e. The summed E-state index contributed by atoms with van der Waals surface area (Å²) in [5.41, 5.74) is 5.28. The van der Waals surface area contributed by atoms with E-state index >= 15 is 0 Å². The normalized spacial score (nSPS) is 10.3. The minimum atomic E-state index is -0.608. The van der Waals surface area contributed by atoms with E-state index in [2.05, 4.69) is 5.32 Å². The second-order valence-corrected chi connectivity index (χ2v) is 4.10. The molecule has 0 radical (unpaired) electrons. The predicted octanol–water partition coefficient (Wildman–Crippen LogP) is 1.48. The van der Waals surface area contributed by atoms with Crippen LogP contribution in [0.5, 0.6) is 11.5 Å². The fourth-order valence-electron chi connectivity index (χ4n) is 1.17. The van der Waals surface area contributed by atoms with Crippen LogP contribution in [0.1, 0.15) is 16.8 Å². The van der Waals surface area contributed by atoms with Crippen molar-refractivity contribution in [1.82, 2.24) is 5.32 Å². The highest BCUT2D eigenvalue weighted by atomic mass is 35.5. The van der Waals surface area contributed by atoms with Crippen LogP contribution in [0.2, 0.25) is 10.0 Å². The first kappa shape index (κ1) is 13.9. The summed E-state index contributed by atoms with van der Waals surface area (Å²) in [4.78, 5) is 11.7. The van der Waals surface area contributed by atoms with Crippen LogP contribution in [-0.4, -0.2) is 29.2 Å². The summed E-state index contributed by atoms with van der Waals surface area (Å²) >= 11 is 11.4. The number of hydrogen-bond acceptors (Lipinski definition) is 4. The SMILES string of the molecule is NCCCNC(=O)c1cc(Cl)c(O)c(O)c1Cl. The van der Waals surface area contributed by atoms with Crippen molar-refractivity contribution >= 4 is 29.1 Å². The fourth-order valence-corrected chi connectivity index (χ4v) is 1.60. The molecule has 5 nitrogen and oxygen atoms in total. The number of carbonyl (C=O) groups is 1. The lowest BCUT2D eigenvalue weighted by molar-refractivity contribution is 0.0953. The van der Waals surface area contributed by atoms with Crippen molar-refractivity contribution in [3.63, 3.8) is 0 Å². The third-order valence-corrected chi connectivity index (χ3v) is 2.75. The van der Waals surface area contributed by atoms with E-state index < -0.39 is 17.4 Å². The Bertz CT molecular complexity index is 438. The molecule has 0 saturated heterocycles. The summed E-state index contributed by atoms with van der Waals surface area (Å²) in [7, 11) is 0. The average Bonchev–Trinajstić information content (AvgIpc) is 2.31. The van der Waals surface area contributed by atoms with Crippen molar-refractivity contribution in [1.29, 1.82) is 0 Å². The lowest BCUT2D eigenvalue weighted by Gasteiger charge is -2.09. The van der Waals surface area contributed by atoms with E-state index in [9.17, 15) is 15.0 Å². The Hall–Kier alpha value is -1.17. The molecule has 1 aromatic carbocycles. The van der Waals surface area contributed by atoms with Crippen molar-refractivity contribution in [3.8, 4) is 11.5 Å². The van der Waals surface area contributed by atoms with Gasteiger partial charge in [-0.05, 0) is 19.0 Å². The topological polar surface area (TPSA) is 95.6 Å². The van der Waals surface area contributed by atoms with Gasteiger partial charge in [0.25, 0.3) is 5.91 Å². The third kappa shape index (κ3) is 3.15. The van der Waals surface area contributed by atoms with Gasteiger partial charge in [-0.1, -0.05) is 23.2 Å². The lowest BCUT2D eigenvalue weighted by atomic mass is 10.2. The fraction of sp³-hybridized carbons (Fsp3) is 0.300. The van der Waals surface area contributed by atoms with Crippen LogP contribution in [0.3, 0.4) is 0 Å². The Morgan fingerprint density at radius 3 is 2.59 bits per heavy atom. The van der Waals surface area contributed by atoms with Crippen molar-refractivity contribution in [2.75, 3.05) is 13.1 Å². The van der Waals surface area contributed by atoms with Crippen molar-refractivity contribution in [3.05, 3.63) is 21.7 Å². The molecule has 1 amide bonds. The van der Waals surface area contributed by atoms with Gasteiger partial charge in [0.05, 0.1) is 15.6 Å². The van der Waals surface area contributed by atoms with E-state index in [-0.39, 0.29) is 15.6 Å². The van der Waals surface area contributed by atoms with Gasteiger partial charge in [-0.3, -0.25) is 4.79 Å². The maximum atomic E-state index is 11.7. The van der Waals surface area contributed by atoms with E-state index in [1.807, 2.05) is 0 Å². The second-order valence-electron chi connectivity index (χ2n) is 3.32. The Labute approximate surface area is 108 Å². The van der Waals surface area contributed by atoms with Gasteiger partial charge in [0, 0.05) is 6.54 Å². The molecule has 0 aliphatic carbocycles. The van der Waals surface area contributed by atoms with Crippen LogP contribution in [0, 0.1) is 0 Å². The van der Waals surface area contributed by atoms with Gasteiger partial charge in [0.2, 0.25) is 0 Å². The smallest absolute Gasteiger partial charge is 0.252 e. The van der Waals surface area contributed by atoms with Crippen molar-refractivity contribution in [2.45, 2.75) is 6.42 Å². The van der Waals surface area contributed by atoms with Crippen molar-refractivity contribution < 1.29 is 15.0 Å². The zero-order chi connectivity index (χ0) is 13.0. The van der Waals surface area contributed by atoms with Gasteiger partial charge < -0.3 is 21.3 Å². The maximum absolute atomic E-state index is 11.7. The number of hydrogen-bond donors (Lipinski definition) is 4. The lowest BCUT2D eigenvalue weighted by Crippen LogP contribution is -2.26. The average molecular weight is 279 g/mol. The Morgan fingerprint density at radius 2 is 2.00 bits per heavy atom. The first-order valence-corrected chi connectivity index (χ1v) is 5.62. The molecule has 0 heterocycles. The number of rotatable bonds is 4. The Kier molecular flexibility index (Phi) is 4.86. The molecule has 0 atom stereocenters. The molecule has 0 aromatic heterocycles. The molecule has 0 aliphatic heterocycles. The Balaban J connectivity index is 2.94. The van der Waals surface area contributed by atoms with E-state index in [4.69, 9.17) is 28.9 Å². The first-order chi connectivity index (χ1) is 7.99. The molecule has 7 heteroatoms. The summed E-state index contributed by atoms with van der Waals surface area (Å²) in [6.45, 7) is 0.848. The highest BCUT2D eigenvalue weighted by Crippen LogP contribution is 2.41. The number of aromatic hydroxyl groups is 2. The van der Waals surface area contributed by atoms with Crippen LogP contribution in [-0.2, 0) is 0 Å². The highest BCUT2D eigenvalue weighted by molar-refractivity contribution is 6.38. The predicted molar refractivity (Wildman–Crippen MR) is 65.8 cm³/mol. The summed E-state index contributed by atoms with van der Waals surface area (Å²) in [5.74, 6) is -1.64. The molecule has 0 unspecified atom stereocenters. The molecule has 1 rings (SSSR count). The van der Waals surface area contributed by atoms with Crippen LogP contribution in [0.25, 0.3) is 0 Å². The van der Waals surface area contributed by atoms with E-state index in [1.165, 1.54) is 6.07 Å². The zero-order valence-electron chi connectivity index (χ0n) is 8.83. The van der Waals surface area contributed by atoms with Gasteiger partial charge >= 0.3 is 0 Å². The van der Waals surface area contributed by atoms with Crippen LogP contribution in [0.15, 0.2) is 6.07 Å². The van der Waals surface area contributed by atoms with Crippen LogP contribution in [0.4, 0.5) is 0 Å². The molecule has 94 valence electrons. The van der Waals surface area contributed by atoms with E-state index in [1.54, 1.807) is 0 Å². The third-order valence-electron chi connectivity index (χ3n) is 2.08. The molecular formula is C10H12Cl2N2O3. The number of benzene rings is 1. The van der Waals surface area contributed by atoms with Gasteiger partial charge in [-0.15, -0.1) is 0 Å². The largest absolute Gasteiger partial charge is 0.503 e. The van der Waals surface area contributed by atoms with Crippen LogP contribution < -0.4 is 11.1 Å². The number of phenols is 2. The van der Waals surface area contributed by atoms with Crippen molar-refractivity contribution in [2.24, 2.45) is 5.73 Å². The molecule has 0 bridgehead atoms. The molecular weight excluding hydrogens is 267 g/mol. The summed E-state index contributed by atoms with van der Waals surface area (Å²) in [6.07, 6.45) is 0.626. The molecule has 1 aromatic rings. The van der Waals surface area contributed by atoms with Gasteiger partial charge in [0.15, 0.2) is 11.5 Å². The highest BCUT2D eigenvalue weighted by Gasteiger charge is 2.19. The zero-order valence-corrected chi connectivity index (χ0v) is 10.3. The van der Waals surface area contributed by atoms with Gasteiger partial charge in [-0.2, -0.15) is 0 Å². The first-order valence-electron chi connectivity index (χ1n) is 4.87. The summed E-state index contributed by atoms with van der Waals surface area (Å²) in [6, 6.07) is 1.19. The Morgan fingerprint density at radius 1 is 1.35 bits per heavy atom. The van der Waals surface area contributed by atoms with E-state index in [0.717, 1.165) is 0 Å². The summed E-state index contributed by atoms with van der Waals surface area (Å²) in [5, 5.41) is 20.9. The number of amides is 1. The number of halogens is 2. The molecule has 0 aliphatic rings. The van der Waals surface area contributed by atoms with Crippen LogP contribution >= 0.6 is 23.2 Å². The quantitative estimate of drug-likeness (QED) is 0.496. The monoisotopic (exact) mass is 278 g/mol. The molecule has 0 fully saturated rings. The molecule has 5 N–H and O–H groups in total. The standard InChI is InChI=1S/C10H12Cl2N2O3/c11-6-4-5(7(12)9(16)8(6)15)10(17)14-3-1-2-13/h4,15-16H,1-3,13H2,(H,14,17). The minimum absolute atomic E-state index is 0.00369. The van der Waals surface area contributed by atoms with Gasteiger partial charge in [-0.25, -0.2) is 0 Å². The number of phenolic OH excluding ortho intramolecular Hbond substituents is 2. The second kappa shape index (κ2) is 5.95. The number of nitrogens with one attached hydrogen (secondary N) is 1. The molecule has 0 spiro atoms. The number of carbonyl (C=O) groups excluding carboxylic acids is 1. The summed E-state index contributed by atoms with van der Waals surface area (Å²) < 4.78 is 0. The van der Waals surface area contributed by atoms with E-state index in [0.29, 0.717) is 19.5 Å². The number of nitrogens with two attached hydrogens (primary N) is 1.